The van der Waals surface area contributed by atoms with Crippen LogP contribution < -0.4 is 17.2 Å². The number of imidazole rings is 1. The van der Waals surface area contributed by atoms with Crippen molar-refractivity contribution in [1.29, 1.82) is 0 Å². The smallest absolute Gasteiger partial charge is 0.331 e. The number of para-hydroxylation sites is 1. The van der Waals surface area contributed by atoms with Crippen LogP contribution in [0.5, 0.6) is 0 Å². The summed E-state index contributed by atoms with van der Waals surface area (Å²) < 4.78 is 1.39. The van der Waals surface area contributed by atoms with Gasteiger partial charge in [0.1, 0.15) is 0 Å². The lowest BCUT2D eigenvalue weighted by Gasteiger charge is -2.08. The molecule has 0 radical (unpaired) electrons. The number of hydrogen-bond donors (Lipinski definition) is 3. The van der Waals surface area contributed by atoms with E-state index in [2.05, 4.69) is 4.98 Å². The van der Waals surface area contributed by atoms with Gasteiger partial charge >= 0.3 is 5.69 Å². The molecule has 1 heterocycles. The topological polar surface area (TPSA) is 107 Å². The van der Waals surface area contributed by atoms with Gasteiger partial charge in [-0.1, -0.05) is 12.1 Å². The molecular formula is C14H12N4O2. The van der Waals surface area contributed by atoms with Crippen molar-refractivity contribution in [3.05, 3.63) is 58.5 Å². The first-order valence-electron chi connectivity index (χ1n) is 5.97. The zero-order valence-corrected chi connectivity index (χ0v) is 10.5. The lowest BCUT2D eigenvalue weighted by molar-refractivity contribution is 0.100. The van der Waals surface area contributed by atoms with Crippen molar-refractivity contribution in [3.8, 4) is 5.69 Å². The molecule has 0 spiro atoms. The van der Waals surface area contributed by atoms with E-state index in [-0.39, 0.29) is 11.3 Å². The summed E-state index contributed by atoms with van der Waals surface area (Å²) in [4.78, 5) is 26.4. The molecule has 6 heteroatoms. The van der Waals surface area contributed by atoms with Gasteiger partial charge < -0.3 is 16.5 Å². The van der Waals surface area contributed by atoms with Crippen LogP contribution in [0.4, 0.5) is 5.69 Å². The number of amides is 1. The van der Waals surface area contributed by atoms with Crippen molar-refractivity contribution in [2.75, 3.05) is 5.73 Å². The Kier molecular flexibility index (Phi) is 2.57. The lowest BCUT2D eigenvalue weighted by Crippen LogP contribution is -2.20. The summed E-state index contributed by atoms with van der Waals surface area (Å²) in [6.07, 6.45) is 0. The van der Waals surface area contributed by atoms with Gasteiger partial charge in [-0.15, -0.1) is 0 Å². The molecule has 6 nitrogen and oxygen atoms in total. The number of H-pyrrole nitrogens is 1. The molecule has 5 N–H and O–H groups in total. The van der Waals surface area contributed by atoms with Crippen molar-refractivity contribution in [3.63, 3.8) is 0 Å². The van der Waals surface area contributed by atoms with Crippen LogP contribution in [0.25, 0.3) is 16.7 Å². The molecule has 0 saturated carbocycles. The van der Waals surface area contributed by atoms with E-state index in [1.54, 1.807) is 42.5 Å². The first-order valence-corrected chi connectivity index (χ1v) is 5.97. The fraction of sp³-hybridized carbons (Fsp3) is 0. The van der Waals surface area contributed by atoms with Gasteiger partial charge in [-0.25, -0.2) is 4.79 Å². The third kappa shape index (κ3) is 1.74. The molecule has 3 rings (SSSR count). The summed E-state index contributed by atoms with van der Waals surface area (Å²) >= 11 is 0. The van der Waals surface area contributed by atoms with Gasteiger partial charge in [-0.05, 0) is 30.3 Å². The number of anilines is 1. The highest BCUT2D eigenvalue weighted by atomic mass is 16.1. The maximum Gasteiger partial charge on any atom is 0.331 e. The predicted molar refractivity (Wildman–Crippen MR) is 76.8 cm³/mol. The molecule has 2 aromatic carbocycles. The van der Waals surface area contributed by atoms with E-state index in [1.807, 2.05) is 0 Å². The van der Waals surface area contributed by atoms with E-state index >= 15 is 0 Å². The number of fused-ring (bicyclic) bond motifs is 1. The Labute approximate surface area is 113 Å². The van der Waals surface area contributed by atoms with E-state index in [9.17, 15) is 9.59 Å². The predicted octanol–water partition coefficient (Wildman–Crippen LogP) is 1.000. The van der Waals surface area contributed by atoms with Crippen LogP contribution in [-0.2, 0) is 0 Å². The third-order valence-electron chi connectivity index (χ3n) is 3.12. The molecule has 0 fully saturated rings. The van der Waals surface area contributed by atoms with Gasteiger partial charge in [0.05, 0.1) is 22.3 Å². The molecule has 0 aliphatic carbocycles. The summed E-state index contributed by atoms with van der Waals surface area (Å²) in [7, 11) is 0. The van der Waals surface area contributed by atoms with Crippen LogP contribution in [0.2, 0.25) is 0 Å². The molecule has 0 aliphatic rings. The SMILES string of the molecule is NC(=O)c1ccccc1-n1c(=O)[nH]c2ccc(N)cc21. The molecular weight excluding hydrogens is 256 g/mol. The largest absolute Gasteiger partial charge is 0.399 e. The first kappa shape index (κ1) is 12.0. The number of primary amides is 1. The van der Waals surface area contributed by atoms with Crippen molar-refractivity contribution < 1.29 is 4.79 Å². The number of nitrogens with zero attached hydrogens (tertiary/aromatic N) is 1. The minimum Gasteiger partial charge on any atom is -0.399 e. The highest BCUT2D eigenvalue weighted by Crippen LogP contribution is 2.20. The van der Waals surface area contributed by atoms with E-state index in [1.165, 1.54) is 4.57 Å². The number of nitrogen functional groups attached to an aromatic ring is 1. The molecule has 3 aromatic rings. The number of nitrogens with two attached hydrogens (primary N) is 2. The standard InChI is InChI=1S/C14H12N4O2/c15-8-5-6-10-12(7-8)18(14(20)17-10)11-4-2-1-3-9(11)13(16)19/h1-7H,15H2,(H2,16,19)(H,17,20). The van der Waals surface area contributed by atoms with Gasteiger partial charge in [0.15, 0.2) is 0 Å². The summed E-state index contributed by atoms with van der Waals surface area (Å²) in [5, 5.41) is 0. The number of aromatic nitrogens is 2. The van der Waals surface area contributed by atoms with Crippen LogP contribution >= 0.6 is 0 Å². The van der Waals surface area contributed by atoms with E-state index < -0.39 is 5.91 Å². The molecule has 0 unspecified atom stereocenters. The Morgan fingerprint density at radius 2 is 1.90 bits per heavy atom. The van der Waals surface area contributed by atoms with E-state index in [4.69, 9.17) is 11.5 Å². The molecule has 0 aliphatic heterocycles. The number of benzene rings is 2. The molecule has 1 amide bonds. The van der Waals surface area contributed by atoms with Gasteiger partial charge in [0.2, 0.25) is 0 Å². The summed E-state index contributed by atoms with van der Waals surface area (Å²) in [6.45, 7) is 0. The average molecular weight is 268 g/mol. The Morgan fingerprint density at radius 3 is 2.65 bits per heavy atom. The molecule has 20 heavy (non-hydrogen) atoms. The summed E-state index contributed by atoms with van der Waals surface area (Å²) in [5.74, 6) is -0.592. The molecule has 0 bridgehead atoms. The molecule has 0 atom stereocenters. The Hall–Kier alpha value is -3.02. The number of rotatable bonds is 2. The second kappa shape index (κ2) is 4.27. The minimum atomic E-state index is -0.592. The third-order valence-corrected chi connectivity index (χ3v) is 3.12. The Balaban J connectivity index is 2.41. The van der Waals surface area contributed by atoms with E-state index in [0.29, 0.717) is 22.4 Å². The van der Waals surface area contributed by atoms with Crippen molar-refractivity contribution >= 4 is 22.6 Å². The highest BCUT2D eigenvalue weighted by molar-refractivity contribution is 5.97. The molecule has 1 aromatic heterocycles. The summed E-state index contributed by atoms with van der Waals surface area (Å²) in [6, 6.07) is 11.8. The van der Waals surface area contributed by atoms with Crippen LogP contribution in [0.15, 0.2) is 47.3 Å². The number of carbonyl (C=O) groups is 1. The van der Waals surface area contributed by atoms with Gasteiger partial charge in [0.25, 0.3) is 5.91 Å². The highest BCUT2D eigenvalue weighted by Gasteiger charge is 2.14. The zero-order chi connectivity index (χ0) is 14.3. The van der Waals surface area contributed by atoms with Gasteiger partial charge in [-0.2, -0.15) is 0 Å². The summed E-state index contributed by atoms with van der Waals surface area (Å²) in [5.41, 5.74) is 13.2. The zero-order valence-electron chi connectivity index (χ0n) is 10.5. The second-order valence-corrected chi connectivity index (χ2v) is 4.42. The minimum absolute atomic E-state index is 0.276. The maximum absolute atomic E-state index is 12.1. The first-order chi connectivity index (χ1) is 9.58. The van der Waals surface area contributed by atoms with Crippen molar-refractivity contribution in [2.45, 2.75) is 0 Å². The van der Waals surface area contributed by atoms with Crippen LogP contribution in [0.3, 0.4) is 0 Å². The van der Waals surface area contributed by atoms with Crippen LogP contribution in [0, 0.1) is 0 Å². The van der Waals surface area contributed by atoms with Crippen molar-refractivity contribution in [1.82, 2.24) is 9.55 Å². The normalized spacial score (nSPS) is 10.8. The van der Waals surface area contributed by atoms with E-state index in [0.717, 1.165) is 0 Å². The number of hydrogen-bond acceptors (Lipinski definition) is 3. The average Bonchev–Trinajstić information content (AvgIpc) is 2.74. The van der Waals surface area contributed by atoms with Gasteiger partial charge in [-0.3, -0.25) is 9.36 Å². The number of carbonyl (C=O) groups excluding carboxylic acids is 1. The fourth-order valence-corrected chi connectivity index (χ4v) is 2.24. The Morgan fingerprint density at radius 1 is 1.15 bits per heavy atom. The number of aromatic amines is 1. The Bertz CT molecular complexity index is 876. The second-order valence-electron chi connectivity index (χ2n) is 4.42. The van der Waals surface area contributed by atoms with Crippen molar-refractivity contribution in [2.24, 2.45) is 5.73 Å². The number of nitrogens with one attached hydrogen (secondary N) is 1. The fourth-order valence-electron chi connectivity index (χ4n) is 2.24. The van der Waals surface area contributed by atoms with Gasteiger partial charge in [0, 0.05) is 5.69 Å². The monoisotopic (exact) mass is 268 g/mol. The maximum atomic E-state index is 12.1. The lowest BCUT2D eigenvalue weighted by atomic mass is 10.1. The molecule has 0 saturated heterocycles. The van der Waals surface area contributed by atoms with Crippen LogP contribution in [-0.4, -0.2) is 15.5 Å². The quantitative estimate of drug-likeness (QED) is 0.603. The van der Waals surface area contributed by atoms with Crippen LogP contribution in [0.1, 0.15) is 10.4 Å². The molecule has 100 valence electrons.